The summed E-state index contributed by atoms with van der Waals surface area (Å²) in [5.74, 6) is -0.215. The summed E-state index contributed by atoms with van der Waals surface area (Å²) in [4.78, 5) is 25.0. The van der Waals surface area contributed by atoms with Crippen molar-refractivity contribution >= 4 is 27.5 Å². The Morgan fingerprint density at radius 2 is 1.62 bits per heavy atom. The summed E-state index contributed by atoms with van der Waals surface area (Å²) < 4.78 is 33.0. The van der Waals surface area contributed by atoms with Gasteiger partial charge in [-0.15, -0.1) is 0 Å². The fourth-order valence-electron chi connectivity index (χ4n) is 3.90. The van der Waals surface area contributed by atoms with Gasteiger partial charge in [-0.25, -0.2) is 8.42 Å². The third kappa shape index (κ3) is 5.77. The van der Waals surface area contributed by atoms with Crippen LogP contribution in [0, 0.1) is 17.3 Å². The molecule has 182 valence electrons. The standard InChI is InChI=1S/C25H31N3O5S/c1-6-33-19-11-13-20(14-12-19)34(31,32)28-18-9-7-17(8-10-18)23(29)26-27-24(30)22-21(15-16(2)3)25(22,4)5/h7-15,21-22,28H,6H2,1-5H3,(H,26,29)(H,27,30). The molecule has 1 saturated carbocycles. The molecule has 34 heavy (non-hydrogen) atoms. The Morgan fingerprint density at radius 3 is 2.18 bits per heavy atom. The minimum absolute atomic E-state index is 0.0925. The van der Waals surface area contributed by atoms with Crippen molar-refractivity contribution in [2.75, 3.05) is 11.3 Å². The van der Waals surface area contributed by atoms with Crippen molar-refractivity contribution in [3.8, 4) is 5.75 Å². The zero-order valence-corrected chi connectivity index (χ0v) is 20.8. The number of carbonyl (C=O) groups is 2. The van der Waals surface area contributed by atoms with Gasteiger partial charge in [0.05, 0.1) is 17.4 Å². The van der Waals surface area contributed by atoms with Gasteiger partial charge >= 0.3 is 0 Å². The molecule has 0 radical (unpaired) electrons. The van der Waals surface area contributed by atoms with Crippen LogP contribution in [-0.4, -0.2) is 26.8 Å². The Kier molecular flexibility index (Phi) is 7.35. The lowest BCUT2D eigenvalue weighted by Gasteiger charge is -2.11. The average Bonchev–Trinajstić information content (AvgIpc) is 3.31. The van der Waals surface area contributed by atoms with Crippen molar-refractivity contribution in [3.05, 3.63) is 65.7 Å². The van der Waals surface area contributed by atoms with Crippen LogP contribution in [0.4, 0.5) is 5.69 Å². The van der Waals surface area contributed by atoms with E-state index in [0.29, 0.717) is 18.0 Å². The van der Waals surface area contributed by atoms with Crippen LogP contribution in [0.3, 0.4) is 0 Å². The predicted octanol–water partition coefficient (Wildman–Crippen LogP) is 3.89. The maximum Gasteiger partial charge on any atom is 0.269 e. The third-order valence-corrected chi connectivity index (χ3v) is 7.25. The van der Waals surface area contributed by atoms with Gasteiger partial charge in [-0.1, -0.05) is 25.5 Å². The first-order chi connectivity index (χ1) is 16.0. The Hall–Kier alpha value is -3.33. The molecular weight excluding hydrogens is 454 g/mol. The van der Waals surface area contributed by atoms with Gasteiger partial charge in [0.1, 0.15) is 5.75 Å². The molecule has 3 N–H and O–H groups in total. The van der Waals surface area contributed by atoms with Crippen molar-refractivity contribution in [2.24, 2.45) is 17.3 Å². The summed E-state index contributed by atoms with van der Waals surface area (Å²) >= 11 is 0. The number of anilines is 1. The lowest BCUT2D eigenvalue weighted by molar-refractivity contribution is -0.123. The number of hydrogen-bond donors (Lipinski definition) is 3. The van der Waals surface area contributed by atoms with Crippen LogP contribution in [0.15, 0.2) is 65.1 Å². The molecule has 0 heterocycles. The molecule has 9 heteroatoms. The van der Waals surface area contributed by atoms with Crippen molar-refractivity contribution < 1.29 is 22.7 Å². The number of carbonyl (C=O) groups excluding carboxylic acids is 2. The number of hydrogen-bond acceptors (Lipinski definition) is 5. The van der Waals surface area contributed by atoms with E-state index < -0.39 is 15.9 Å². The molecule has 8 nitrogen and oxygen atoms in total. The largest absolute Gasteiger partial charge is 0.494 e. The highest BCUT2D eigenvalue weighted by Gasteiger charge is 2.60. The molecule has 2 aromatic carbocycles. The molecule has 3 rings (SSSR count). The van der Waals surface area contributed by atoms with Crippen molar-refractivity contribution in [2.45, 2.75) is 39.5 Å². The third-order valence-electron chi connectivity index (χ3n) is 5.85. The first-order valence-electron chi connectivity index (χ1n) is 11.1. The maximum absolute atomic E-state index is 12.6. The highest BCUT2D eigenvalue weighted by molar-refractivity contribution is 7.92. The number of sulfonamides is 1. The second-order valence-electron chi connectivity index (χ2n) is 9.10. The summed E-state index contributed by atoms with van der Waals surface area (Å²) in [5.41, 5.74) is 6.50. The van der Waals surface area contributed by atoms with E-state index in [1.165, 1.54) is 36.4 Å². The molecular formula is C25H31N3O5S. The van der Waals surface area contributed by atoms with Crippen LogP contribution in [0.1, 0.15) is 45.0 Å². The zero-order chi connectivity index (χ0) is 25.1. The summed E-state index contributed by atoms with van der Waals surface area (Å²) in [6.45, 7) is 10.4. The summed E-state index contributed by atoms with van der Waals surface area (Å²) in [6, 6.07) is 12.0. The first kappa shape index (κ1) is 25.3. The van der Waals surface area contributed by atoms with E-state index in [4.69, 9.17) is 4.74 Å². The number of amides is 2. The van der Waals surface area contributed by atoms with E-state index >= 15 is 0 Å². The Balaban J connectivity index is 1.57. The summed E-state index contributed by atoms with van der Waals surface area (Å²) in [7, 11) is -3.80. The van der Waals surface area contributed by atoms with E-state index in [9.17, 15) is 18.0 Å². The molecule has 0 spiro atoms. The van der Waals surface area contributed by atoms with E-state index in [-0.39, 0.29) is 33.6 Å². The smallest absolute Gasteiger partial charge is 0.269 e. The summed E-state index contributed by atoms with van der Waals surface area (Å²) in [5, 5.41) is 0. The molecule has 0 aromatic heterocycles. The Labute approximate surface area is 200 Å². The van der Waals surface area contributed by atoms with Crippen LogP contribution >= 0.6 is 0 Å². The number of benzene rings is 2. The van der Waals surface area contributed by atoms with Gasteiger partial charge in [0.2, 0.25) is 5.91 Å². The normalized spacial score (nSPS) is 18.4. The van der Waals surface area contributed by atoms with Gasteiger partial charge in [0, 0.05) is 11.3 Å². The number of hydrazine groups is 1. The fraction of sp³-hybridized carbons (Fsp3) is 0.360. The van der Waals surface area contributed by atoms with Gasteiger partial charge < -0.3 is 4.74 Å². The van der Waals surface area contributed by atoms with Gasteiger partial charge in [-0.3, -0.25) is 25.2 Å². The molecule has 2 amide bonds. The van der Waals surface area contributed by atoms with Crippen LogP contribution in [-0.2, 0) is 14.8 Å². The average molecular weight is 486 g/mol. The van der Waals surface area contributed by atoms with Crippen molar-refractivity contribution in [1.29, 1.82) is 0 Å². The van der Waals surface area contributed by atoms with E-state index in [1.807, 2.05) is 34.6 Å². The van der Waals surface area contributed by atoms with Crippen LogP contribution < -0.4 is 20.3 Å². The van der Waals surface area contributed by atoms with Crippen molar-refractivity contribution in [1.82, 2.24) is 10.9 Å². The number of ether oxygens (including phenoxy) is 1. The fourth-order valence-corrected chi connectivity index (χ4v) is 4.96. The minimum Gasteiger partial charge on any atom is -0.494 e. The van der Waals surface area contributed by atoms with Gasteiger partial charge in [-0.2, -0.15) is 0 Å². The number of allylic oxidation sites excluding steroid dienone is 2. The predicted molar refractivity (Wildman–Crippen MR) is 131 cm³/mol. The maximum atomic E-state index is 12.6. The Bertz CT molecular complexity index is 1180. The molecule has 1 aliphatic carbocycles. The molecule has 1 aliphatic rings. The van der Waals surface area contributed by atoms with E-state index in [0.717, 1.165) is 5.57 Å². The molecule has 1 fully saturated rings. The zero-order valence-electron chi connectivity index (χ0n) is 20.0. The van der Waals surface area contributed by atoms with Gasteiger partial charge in [0.25, 0.3) is 15.9 Å². The second kappa shape index (κ2) is 9.89. The van der Waals surface area contributed by atoms with Gasteiger partial charge in [-0.05, 0) is 80.6 Å². The Morgan fingerprint density at radius 1 is 1.00 bits per heavy atom. The van der Waals surface area contributed by atoms with Crippen LogP contribution in [0.2, 0.25) is 0 Å². The molecule has 2 unspecified atom stereocenters. The van der Waals surface area contributed by atoms with Crippen molar-refractivity contribution in [3.63, 3.8) is 0 Å². The van der Waals surface area contributed by atoms with Crippen LogP contribution in [0.5, 0.6) is 5.75 Å². The highest BCUT2D eigenvalue weighted by Crippen LogP contribution is 2.59. The monoisotopic (exact) mass is 485 g/mol. The molecule has 2 atom stereocenters. The van der Waals surface area contributed by atoms with E-state index in [2.05, 4.69) is 21.6 Å². The molecule has 0 saturated heterocycles. The molecule has 0 aliphatic heterocycles. The second-order valence-corrected chi connectivity index (χ2v) is 10.8. The van der Waals surface area contributed by atoms with Crippen LogP contribution in [0.25, 0.3) is 0 Å². The topological polar surface area (TPSA) is 114 Å². The number of rotatable bonds is 8. The minimum atomic E-state index is -3.80. The highest BCUT2D eigenvalue weighted by atomic mass is 32.2. The lowest BCUT2D eigenvalue weighted by atomic mass is 10.1. The van der Waals surface area contributed by atoms with Gasteiger partial charge in [0.15, 0.2) is 0 Å². The molecule has 0 bridgehead atoms. The summed E-state index contributed by atoms with van der Waals surface area (Å²) in [6.07, 6.45) is 2.08. The SMILES string of the molecule is CCOc1ccc(S(=O)(=O)Nc2ccc(C(=O)NNC(=O)C3C(C=C(C)C)C3(C)C)cc2)cc1. The van der Waals surface area contributed by atoms with E-state index in [1.54, 1.807) is 12.1 Å². The molecule has 2 aromatic rings. The lowest BCUT2D eigenvalue weighted by Crippen LogP contribution is -2.43. The first-order valence-corrected chi connectivity index (χ1v) is 12.5. The number of nitrogens with one attached hydrogen (secondary N) is 3. The quantitative estimate of drug-likeness (QED) is 0.388.